The fraction of sp³-hybridized carbons (Fsp3) is 0.160. The molecule has 0 aliphatic heterocycles. The quantitative estimate of drug-likeness (QED) is 0.221. The molecule has 3 aromatic rings. The molecule has 3 rings (SSSR count). The molecule has 0 spiro atoms. The average Bonchev–Trinajstić information content (AvgIpc) is 2.78. The van der Waals surface area contributed by atoms with Crippen LogP contribution in [0.3, 0.4) is 0 Å². The number of hydrogen-bond acceptors (Lipinski definition) is 5. The normalized spacial score (nSPS) is 10.9. The van der Waals surface area contributed by atoms with Crippen LogP contribution in [0.4, 0.5) is 0 Å². The van der Waals surface area contributed by atoms with Gasteiger partial charge in [-0.1, -0.05) is 49.7 Å². The molecule has 0 atom stereocenters. The maximum atomic E-state index is 12.2. The van der Waals surface area contributed by atoms with Crippen LogP contribution < -0.4 is 14.9 Å². The van der Waals surface area contributed by atoms with Gasteiger partial charge >= 0.3 is 5.97 Å². The van der Waals surface area contributed by atoms with Crippen molar-refractivity contribution in [2.45, 2.75) is 19.8 Å². The second-order valence-corrected chi connectivity index (χ2v) is 7.71. The number of esters is 1. The van der Waals surface area contributed by atoms with E-state index >= 15 is 0 Å². The molecule has 0 aliphatic rings. The number of amides is 1. The molecule has 0 radical (unpaired) electrons. The molecule has 32 heavy (non-hydrogen) atoms. The van der Waals surface area contributed by atoms with Crippen LogP contribution in [0, 0.1) is 0 Å². The van der Waals surface area contributed by atoms with Gasteiger partial charge in [-0.2, -0.15) is 5.10 Å². The number of carbonyl (C=O) groups excluding carboxylic acids is 2. The highest BCUT2D eigenvalue weighted by Gasteiger charge is 2.09. The zero-order valence-corrected chi connectivity index (χ0v) is 18.5. The molecule has 3 aromatic carbocycles. The largest absolute Gasteiger partial charge is 0.484 e. The summed E-state index contributed by atoms with van der Waals surface area (Å²) in [4.78, 5) is 24.2. The Morgan fingerprint density at radius 2 is 1.72 bits per heavy atom. The summed E-state index contributed by atoms with van der Waals surface area (Å²) < 4.78 is 10.8. The van der Waals surface area contributed by atoms with Crippen LogP contribution in [0.5, 0.6) is 11.5 Å². The van der Waals surface area contributed by atoms with Gasteiger partial charge in [0.25, 0.3) is 5.91 Å². The van der Waals surface area contributed by atoms with Crippen LogP contribution in [-0.4, -0.2) is 24.7 Å². The number of hydrogen-bond donors (Lipinski definition) is 1. The van der Waals surface area contributed by atoms with Crippen molar-refractivity contribution in [1.82, 2.24) is 5.43 Å². The van der Waals surface area contributed by atoms with Gasteiger partial charge in [0, 0.05) is 5.02 Å². The Kier molecular flexibility index (Phi) is 8.00. The Balaban J connectivity index is 1.49. The van der Waals surface area contributed by atoms with Crippen molar-refractivity contribution in [1.29, 1.82) is 0 Å². The molecule has 164 valence electrons. The van der Waals surface area contributed by atoms with Gasteiger partial charge < -0.3 is 9.47 Å². The van der Waals surface area contributed by atoms with Gasteiger partial charge in [0.05, 0.1) is 11.8 Å². The second kappa shape index (κ2) is 11.1. The Hall–Kier alpha value is -3.64. The number of halogens is 1. The van der Waals surface area contributed by atoms with Gasteiger partial charge in [-0.05, 0) is 65.6 Å². The lowest BCUT2D eigenvalue weighted by Gasteiger charge is -2.08. The fourth-order valence-corrected chi connectivity index (χ4v) is 2.85. The van der Waals surface area contributed by atoms with Crippen LogP contribution in [0.25, 0.3) is 0 Å². The number of carbonyl (C=O) groups is 2. The highest BCUT2D eigenvalue weighted by molar-refractivity contribution is 6.30. The average molecular weight is 451 g/mol. The highest BCUT2D eigenvalue weighted by atomic mass is 35.5. The monoisotopic (exact) mass is 450 g/mol. The first-order valence-corrected chi connectivity index (χ1v) is 10.4. The van der Waals surface area contributed by atoms with E-state index in [9.17, 15) is 9.59 Å². The van der Waals surface area contributed by atoms with E-state index in [0.717, 1.165) is 0 Å². The predicted octanol–water partition coefficient (Wildman–Crippen LogP) is 5.21. The SMILES string of the molecule is CC(C)c1ccc(OCC(=O)N/N=C\c2cccc(OC(=O)c3ccc(Cl)cc3)c2)cc1. The molecule has 0 bridgehead atoms. The number of hydrazone groups is 1. The summed E-state index contributed by atoms with van der Waals surface area (Å²) in [6, 6.07) is 20.8. The Morgan fingerprint density at radius 3 is 2.41 bits per heavy atom. The maximum absolute atomic E-state index is 12.2. The maximum Gasteiger partial charge on any atom is 0.343 e. The van der Waals surface area contributed by atoms with Crippen LogP contribution in [-0.2, 0) is 4.79 Å². The van der Waals surface area contributed by atoms with Crippen molar-refractivity contribution >= 4 is 29.7 Å². The zero-order chi connectivity index (χ0) is 22.9. The topological polar surface area (TPSA) is 77.0 Å². The van der Waals surface area contributed by atoms with Gasteiger partial charge in [0.15, 0.2) is 6.61 Å². The molecule has 0 fully saturated rings. The van der Waals surface area contributed by atoms with Crippen LogP contribution >= 0.6 is 11.6 Å². The molecule has 0 aromatic heterocycles. The third kappa shape index (κ3) is 6.96. The van der Waals surface area contributed by atoms with Crippen molar-refractivity contribution in [2.75, 3.05) is 6.61 Å². The predicted molar refractivity (Wildman–Crippen MR) is 125 cm³/mol. The fourth-order valence-electron chi connectivity index (χ4n) is 2.72. The minimum Gasteiger partial charge on any atom is -0.484 e. The summed E-state index contributed by atoms with van der Waals surface area (Å²) in [6.45, 7) is 4.07. The van der Waals surface area contributed by atoms with Crippen LogP contribution in [0.1, 0.15) is 41.3 Å². The summed E-state index contributed by atoms with van der Waals surface area (Å²) in [6.07, 6.45) is 1.45. The zero-order valence-electron chi connectivity index (χ0n) is 17.7. The minimum atomic E-state index is -0.498. The lowest BCUT2D eigenvalue weighted by molar-refractivity contribution is -0.123. The van der Waals surface area contributed by atoms with Crippen molar-refractivity contribution < 1.29 is 19.1 Å². The second-order valence-electron chi connectivity index (χ2n) is 7.27. The van der Waals surface area contributed by atoms with Gasteiger partial charge in [-0.3, -0.25) is 4.79 Å². The molecule has 0 saturated heterocycles. The highest BCUT2D eigenvalue weighted by Crippen LogP contribution is 2.18. The van der Waals surface area contributed by atoms with E-state index in [4.69, 9.17) is 21.1 Å². The summed E-state index contributed by atoms with van der Waals surface area (Å²) in [5.74, 6) is 0.514. The van der Waals surface area contributed by atoms with Crippen LogP contribution in [0.2, 0.25) is 5.02 Å². The molecule has 0 saturated carbocycles. The lowest BCUT2D eigenvalue weighted by Crippen LogP contribution is -2.24. The molecule has 1 N–H and O–H groups in total. The number of nitrogens with zero attached hydrogens (tertiary/aromatic N) is 1. The summed E-state index contributed by atoms with van der Waals surface area (Å²) in [7, 11) is 0. The molecular formula is C25H23ClN2O4. The molecule has 0 heterocycles. The van der Waals surface area contributed by atoms with Crippen molar-refractivity contribution in [3.05, 3.63) is 94.5 Å². The van der Waals surface area contributed by atoms with E-state index in [2.05, 4.69) is 24.4 Å². The molecule has 0 unspecified atom stereocenters. The van der Waals surface area contributed by atoms with Crippen LogP contribution in [0.15, 0.2) is 77.9 Å². The van der Waals surface area contributed by atoms with E-state index in [1.54, 1.807) is 48.5 Å². The molecule has 7 heteroatoms. The van der Waals surface area contributed by atoms with Crippen molar-refractivity contribution in [2.24, 2.45) is 5.10 Å². The number of benzene rings is 3. The van der Waals surface area contributed by atoms with E-state index in [-0.39, 0.29) is 12.5 Å². The molecule has 1 amide bonds. The third-order valence-corrected chi connectivity index (χ3v) is 4.72. The number of ether oxygens (including phenoxy) is 2. The Labute approximate surface area is 191 Å². The van der Waals surface area contributed by atoms with E-state index in [1.165, 1.54) is 11.8 Å². The van der Waals surface area contributed by atoms with Crippen molar-refractivity contribution in [3.63, 3.8) is 0 Å². The first-order valence-electron chi connectivity index (χ1n) is 10.0. The molecular weight excluding hydrogens is 428 g/mol. The Bertz CT molecular complexity index is 1090. The van der Waals surface area contributed by atoms with Gasteiger partial charge in [0.1, 0.15) is 11.5 Å². The molecule has 0 aliphatic carbocycles. The van der Waals surface area contributed by atoms with Gasteiger partial charge in [0.2, 0.25) is 0 Å². The van der Waals surface area contributed by atoms with E-state index < -0.39 is 5.97 Å². The van der Waals surface area contributed by atoms with E-state index in [0.29, 0.717) is 33.6 Å². The Morgan fingerprint density at radius 1 is 1.00 bits per heavy atom. The standard InChI is InChI=1S/C25H23ClN2O4/c1-17(2)19-8-12-22(13-9-19)31-16-24(29)28-27-15-18-4-3-5-23(14-18)32-25(30)20-6-10-21(26)11-7-20/h3-15,17H,16H2,1-2H3,(H,28,29)/b27-15-. The lowest BCUT2D eigenvalue weighted by atomic mass is 10.0. The first kappa shape index (κ1) is 23.0. The summed E-state index contributed by atoms with van der Waals surface area (Å²) >= 11 is 5.83. The number of rotatable bonds is 8. The smallest absolute Gasteiger partial charge is 0.343 e. The first-order chi connectivity index (χ1) is 15.4. The summed E-state index contributed by atoms with van der Waals surface area (Å²) in [5, 5.41) is 4.46. The summed E-state index contributed by atoms with van der Waals surface area (Å²) in [5.41, 5.74) is 4.65. The van der Waals surface area contributed by atoms with E-state index in [1.807, 2.05) is 24.3 Å². The van der Waals surface area contributed by atoms with Crippen molar-refractivity contribution in [3.8, 4) is 11.5 Å². The number of nitrogens with one attached hydrogen (secondary N) is 1. The minimum absolute atomic E-state index is 0.156. The van der Waals surface area contributed by atoms with Gasteiger partial charge in [-0.25, -0.2) is 10.2 Å². The molecule has 6 nitrogen and oxygen atoms in total. The van der Waals surface area contributed by atoms with Gasteiger partial charge in [-0.15, -0.1) is 0 Å². The third-order valence-electron chi connectivity index (χ3n) is 4.47.